The standard InChI is InChI=1S/C18H21NO3S/c1-3-4-13-19(16-10-6-5-7-11-16)18(20)15-9-8-12-17(14-15)23(2,21)22/h5-12,14H,3-4,13H2,1-2H3. The fraction of sp³-hybridized carbons (Fsp3) is 0.278. The van der Waals surface area contributed by atoms with E-state index in [2.05, 4.69) is 6.92 Å². The van der Waals surface area contributed by atoms with Crippen LogP contribution in [0.5, 0.6) is 0 Å². The van der Waals surface area contributed by atoms with Crippen LogP contribution in [0.1, 0.15) is 30.1 Å². The number of rotatable bonds is 6. The van der Waals surface area contributed by atoms with E-state index in [1.54, 1.807) is 17.0 Å². The number of carbonyl (C=O) groups is 1. The number of sulfone groups is 1. The van der Waals surface area contributed by atoms with Gasteiger partial charge < -0.3 is 4.90 Å². The molecule has 0 fully saturated rings. The maximum absolute atomic E-state index is 12.9. The van der Waals surface area contributed by atoms with Gasteiger partial charge in [-0.05, 0) is 36.8 Å². The van der Waals surface area contributed by atoms with Gasteiger partial charge in [-0.1, -0.05) is 37.6 Å². The van der Waals surface area contributed by atoms with E-state index in [4.69, 9.17) is 0 Å². The molecule has 0 radical (unpaired) electrons. The number of hydrogen-bond donors (Lipinski definition) is 0. The Morgan fingerprint density at radius 1 is 1.04 bits per heavy atom. The molecule has 23 heavy (non-hydrogen) atoms. The highest BCUT2D eigenvalue weighted by atomic mass is 32.2. The van der Waals surface area contributed by atoms with Crippen molar-refractivity contribution in [2.45, 2.75) is 24.7 Å². The predicted molar refractivity (Wildman–Crippen MR) is 92.6 cm³/mol. The summed E-state index contributed by atoms with van der Waals surface area (Å²) in [5.41, 5.74) is 1.20. The van der Waals surface area contributed by atoms with Gasteiger partial charge in [-0.3, -0.25) is 4.79 Å². The van der Waals surface area contributed by atoms with Crippen molar-refractivity contribution < 1.29 is 13.2 Å². The van der Waals surface area contributed by atoms with E-state index in [1.165, 1.54) is 12.1 Å². The molecule has 0 aromatic heterocycles. The normalized spacial score (nSPS) is 11.2. The van der Waals surface area contributed by atoms with Crippen molar-refractivity contribution in [1.82, 2.24) is 0 Å². The molecule has 0 saturated carbocycles. The molecule has 0 aliphatic heterocycles. The minimum Gasteiger partial charge on any atom is -0.308 e. The number of para-hydroxylation sites is 1. The Bertz CT molecular complexity index is 770. The Hall–Kier alpha value is -2.14. The van der Waals surface area contributed by atoms with E-state index in [9.17, 15) is 13.2 Å². The van der Waals surface area contributed by atoms with Crippen LogP contribution in [0.3, 0.4) is 0 Å². The van der Waals surface area contributed by atoms with E-state index in [0.717, 1.165) is 24.8 Å². The van der Waals surface area contributed by atoms with Crippen LogP contribution in [0.25, 0.3) is 0 Å². The number of hydrogen-bond acceptors (Lipinski definition) is 3. The van der Waals surface area contributed by atoms with Crippen LogP contribution >= 0.6 is 0 Å². The summed E-state index contributed by atoms with van der Waals surface area (Å²) in [4.78, 5) is 14.7. The van der Waals surface area contributed by atoms with Gasteiger partial charge in [0.15, 0.2) is 9.84 Å². The molecule has 2 rings (SSSR count). The van der Waals surface area contributed by atoms with E-state index in [1.807, 2.05) is 30.3 Å². The number of benzene rings is 2. The third kappa shape index (κ3) is 4.42. The molecule has 1 amide bonds. The number of nitrogens with zero attached hydrogens (tertiary/aromatic N) is 1. The van der Waals surface area contributed by atoms with Gasteiger partial charge in [0.05, 0.1) is 4.90 Å². The first-order chi connectivity index (χ1) is 10.9. The lowest BCUT2D eigenvalue weighted by atomic mass is 10.1. The number of unbranched alkanes of at least 4 members (excludes halogenated alkanes) is 1. The number of anilines is 1. The Morgan fingerprint density at radius 2 is 1.74 bits per heavy atom. The molecule has 0 heterocycles. The van der Waals surface area contributed by atoms with Crippen molar-refractivity contribution in [3.05, 3.63) is 60.2 Å². The molecular weight excluding hydrogens is 310 g/mol. The van der Waals surface area contributed by atoms with Crippen molar-refractivity contribution in [3.63, 3.8) is 0 Å². The molecule has 0 aliphatic rings. The average Bonchev–Trinajstić information content (AvgIpc) is 2.55. The first kappa shape index (κ1) is 17.2. The van der Waals surface area contributed by atoms with Gasteiger partial charge in [-0.15, -0.1) is 0 Å². The second-order valence-electron chi connectivity index (χ2n) is 5.45. The Morgan fingerprint density at radius 3 is 2.35 bits per heavy atom. The van der Waals surface area contributed by atoms with Crippen LogP contribution in [0.15, 0.2) is 59.5 Å². The van der Waals surface area contributed by atoms with Gasteiger partial charge in [0.1, 0.15) is 0 Å². The van der Waals surface area contributed by atoms with Crippen molar-refractivity contribution in [1.29, 1.82) is 0 Å². The molecule has 0 unspecified atom stereocenters. The molecule has 0 bridgehead atoms. The fourth-order valence-electron chi connectivity index (χ4n) is 2.29. The SMILES string of the molecule is CCCCN(C(=O)c1cccc(S(C)(=O)=O)c1)c1ccccc1. The summed E-state index contributed by atoms with van der Waals surface area (Å²) in [6, 6.07) is 15.6. The zero-order valence-electron chi connectivity index (χ0n) is 13.4. The molecule has 0 saturated heterocycles. The minimum atomic E-state index is -3.34. The van der Waals surface area contributed by atoms with Gasteiger partial charge in [-0.2, -0.15) is 0 Å². The Balaban J connectivity index is 2.38. The molecule has 0 aliphatic carbocycles. The summed E-state index contributed by atoms with van der Waals surface area (Å²) >= 11 is 0. The first-order valence-corrected chi connectivity index (χ1v) is 9.49. The van der Waals surface area contributed by atoms with Crippen LogP contribution in [-0.2, 0) is 9.84 Å². The molecule has 2 aromatic carbocycles. The first-order valence-electron chi connectivity index (χ1n) is 7.60. The third-order valence-corrected chi connectivity index (χ3v) is 4.67. The van der Waals surface area contributed by atoms with Gasteiger partial charge >= 0.3 is 0 Å². The lowest BCUT2D eigenvalue weighted by Crippen LogP contribution is -2.32. The fourth-order valence-corrected chi connectivity index (χ4v) is 2.95. The highest BCUT2D eigenvalue weighted by molar-refractivity contribution is 7.90. The van der Waals surface area contributed by atoms with Crippen LogP contribution in [0.4, 0.5) is 5.69 Å². The van der Waals surface area contributed by atoms with Crippen molar-refractivity contribution >= 4 is 21.4 Å². The second kappa shape index (κ2) is 7.42. The highest BCUT2D eigenvalue weighted by Gasteiger charge is 2.18. The van der Waals surface area contributed by atoms with Gasteiger partial charge in [0.25, 0.3) is 5.91 Å². The van der Waals surface area contributed by atoms with Gasteiger partial charge in [0, 0.05) is 24.1 Å². The Labute approximate surface area is 137 Å². The van der Waals surface area contributed by atoms with E-state index >= 15 is 0 Å². The molecule has 122 valence electrons. The monoisotopic (exact) mass is 331 g/mol. The predicted octanol–water partition coefficient (Wildman–Crippen LogP) is 3.54. The average molecular weight is 331 g/mol. The lowest BCUT2D eigenvalue weighted by molar-refractivity contribution is 0.0986. The lowest BCUT2D eigenvalue weighted by Gasteiger charge is -2.23. The van der Waals surface area contributed by atoms with Crippen molar-refractivity contribution in [2.75, 3.05) is 17.7 Å². The number of amides is 1. The van der Waals surface area contributed by atoms with Crippen molar-refractivity contribution in [2.24, 2.45) is 0 Å². The minimum absolute atomic E-state index is 0.159. The molecule has 0 atom stereocenters. The molecule has 2 aromatic rings. The smallest absolute Gasteiger partial charge is 0.258 e. The van der Waals surface area contributed by atoms with E-state index in [-0.39, 0.29) is 10.8 Å². The second-order valence-corrected chi connectivity index (χ2v) is 7.46. The molecule has 0 spiro atoms. The zero-order chi connectivity index (χ0) is 16.9. The maximum Gasteiger partial charge on any atom is 0.258 e. The van der Waals surface area contributed by atoms with Crippen molar-refractivity contribution in [3.8, 4) is 0 Å². The molecule has 4 nitrogen and oxygen atoms in total. The molecule has 5 heteroatoms. The largest absolute Gasteiger partial charge is 0.308 e. The third-order valence-electron chi connectivity index (χ3n) is 3.56. The quantitative estimate of drug-likeness (QED) is 0.813. The number of carbonyl (C=O) groups excluding carboxylic acids is 1. The summed E-state index contributed by atoms with van der Waals surface area (Å²) in [5, 5.41) is 0. The zero-order valence-corrected chi connectivity index (χ0v) is 14.2. The van der Waals surface area contributed by atoms with Crippen LogP contribution in [0, 0.1) is 0 Å². The van der Waals surface area contributed by atoms with Gasteiger partial charge in [-0.25, -0.2) is 8.42 Å². The summed E-state index contributed by atoms with van der Waals surface area (Å²) in [6.45, 7) is 2.67. The molecule has 0 N–H and O–H groups in total. The van der Waals surface area contributed by atoms with Crippen LogP contribution in [-0.4, -0.2) is 27.1 Å². The van der Waals surface area contributed by atoms with E-state index in [0.29, 0.717) is 12.1 Å². The van der Waals surface area contributed by atoms with Gasteiger partial charge in [0.2, 0.25) is 0 Å². The summed E-state index contributed by atoms with van der Waals surface area (Å²) in [5.74, 6) is -0.185. The summed E-state index contributed by atoms with van der Waals surface area (Å²) in [6.07, 6.45) is 3.00. The van der Waals surface area contributed by atoms with Crippen LogP contribution in [0.2, 0.25) is 0 Å². The summed E-state index contributed by atoms with van der Waals surface area (Å²) < 4.78 is 23.4. The molecular formula is C18H21NO3S. The van der Waals surface area contributed by atoms with Crippen LogP contribution < -0.4 is 4.90 Å². The topological polar surface area (TPSA) is 54.5 Å². The Kier molecular flexibility index (Phi) is 5.55. The highest BCUT2D eigenvalue weighted by Crippen LogP contribution is 2.19. The summed E-state index contributed by atoms with van der Waals surface area (Å²) in [7, 11) is -3.34. The van der Waals surface area contributed by atoms with E-state index < -0.39 is 9.84 Å². The maximum atomic E-state index is 12.9.